The molecule has 0 saturated carbocycles. The molecule has 2 heterocycles. The Morgan fingerprint density at radius 2 is 2.13 bits per heavy atom. The summed E-state index contributed by atoms with van der Waals surface area (Å²) in [5.41, 5.74) is 0.184. The number of aryl methyl sites for hydroxylation is 1. The Morgan fingerprint density at radius 1 is 1.26 bits per heavy atom. The van der Waals surface area contributed by atoms with Crippen molar-refractivity contribution in [3.05, 3.63) is 47.0 Å². The molecule has 1 aromatic carbocycles. The minimum absolute atomic E-state index is 0.107. The number of aromatic nitrogens is 3. The van der Waals surface area contributed by atoms with E-state index >= 15 is 0 Å². The van der Waals surface area contributed by atoms with Gasteiger partial charge in [-0.1, -0.05) is 6.07 Å². The molecule has 0 bridgehead atoms. The van der Waals surface area contributed by atoms with Gasteiger partial charge in [0.15, 0.2) is 0 Å². The first kappa shape index (κ1) is 15.6. The second kappa shape index (κ2) is 6.85. The van der Waals surface area contributed by atoms with Gasteiger partial charge in [-0.05, 0) is 24.5 Å². The fourth-order valence-electron chi connectivity index (χ4n) is 2.77. The van der Waals surface area contributed by atoms with E-state index in [1.165, 1.54) is 6.07 Å². The molecule has 0 aliphatic carbocycles. The number of fused-ring (bicyclic) bond motifs is 1. The van der Waals surface area contributed by atoms with Crippen LogP contribution in [0, 0.1) is 11.6 Å². The number of hydrogen-bond acceptors (Lipinski definition) is 3. The van der Waals surface area contributed by atoms with E-state index in [1.807, 2.05) is 0 Å². The van der Waals surface area contributed by atoms with Gasteiger partial charge in [-0.2, -0.15) is 0 Å². The number of rotatable bonds is 5. The first-order valence-corrected chi connectivity index (χ1v) is 7.75. The van der Waals surface area contributed by atoms with Crippen molar-refractivity contribution >= 4 is 5.91 Å². The molecule has 0 spiro atoms. The highest BCUT2D eigenvalue weighted by molar-refractivity contribution is 5.78. The lowest BCUT2D eigenvalue weighted by Gasteiger charge is -2.14. The molecule has 1 amide bonds. The Bertz CT molecular complexity index is 714. The van der Waals surface area contributed by atoms with Gasteiger partial charge in [-0.15, -0.1) is 10.2 Å². The molecule has 0 unspecified atom stereocenters. The topological polar surface area (TPSA) is 59.8 Å². The second-order valence-electron chi connectivity index (χ2n) is 5.65. The lowest BCUT2D eigenvalue weighted by molar-refractivity contribution is -0.120. The number of benzene rings is 1. The number of carbonyl (C=O) groups is 1. The summed E-state index contributed by atoms with van der Waals surface area (Å²) in [6, 6.07) is 3.22. The fourth-order valence-corrected chi connectivity index (χ4v) is 2.77. The highest BCUT2D eigenvalue weighted by Crippen LogP contribution is 2.14. The molecule has 23 heavy (non-hydrogen) atoms. The Hall–Kier alpha value is -2.31. The molecule has 0 radical (unpaired) electrons. The second-order valence-corrected chi connectivity index (χ2v) is 5.65. The average molecular weight is 320 g/mol. The van der Waals surface area contributed by atoms with E-state index < -0.39 is 11.6 Å². The number of nitrogens with zero attached hydrogens (tertiary/aromatic N) is 3. The summed E-state index contributed by atoms with van der Waals surface area (Å²) in [6.07, 6.45) is 3.68. The Labute approximate surface area is 132 Å². The van der Waals surface area contributed by atoms with Crippen molar-refractivity contribution in [3.63, 3.8) is 0 Å². The number of halogens is 2. The van der Waals surface area contributed by atoms with Gasteiger partial charge in [0.25, 0.3) is 0 Å². The monoisotopic (exact) mass is 320 g/mol. The zero-order chi connectivity index (χ0) is 16.2. The van der Waals surface area contributed by atoms with E-state index in [9.17, 15) is 13.6 Å². The van der Waals surface area contributed by atoms with Crippen LogP contribution in [-0.4, -0.2) is 27.2 Å². The number of amides is 1. The predicted octanol–water partition coefficient (Wildman–Crippen LogP) is 1.79. The first-order valence-electron chi connectivity index (χ1n) is 7.75. The van der Waals surface area contributed by atoms with Gasteiger partial charge in [0.2, 0.25) is 5.91 Å². The molecule has 0 fully saturated rings. The van der Waals surface area contributed by atoms with Crippen LogP contribution >= 0.6 is 0 Å². The highest BCUT2D eigenvalue weighted by atomic mass is 19.1. The Morgan fingerprint density at radius 3 is 2.96 bits per heavy atom. The van der Waals surface area contributed by atoms with Gasteiger partial charge in [0.05, 0.1) is 6.42 Å². The molecule has 1 aromatic heterocycles. The van der Waals surface area contributed by atoms with Gasteiger partial charge >= 0.3 is 0 Å². The van der Waals surface area contributed by atoms with Gasteiger partial charge in [-0.3, -0.25) is 4.79 Å². The average Bonchev–Trinajstić information content (AvgIpc) is 2.94. The van der Waals surface area contributed by atoms with Gasteiger partial charge < -0.3 is 9.88 Å². The number of carbonyl (C=O) groups excluding carboxylic acids is 1. The van der Waals surface area contributed by atoms with Crippen LogP contribution in [0.5, 0.6) is 0 Å². The Kier molecular flexibility index (Phi) is 4.64. The molecule has 1 N–H and O–H groups in total. The minimum Gasteiger partial charge on any atom is -0.355 e. The standard InChI is InChI=1S/C16H18F2N4O/c17-12-5-4-11(13(18)10-12)9-16(23)19-7-6-15-21-20-14-3-1-2-8-22(14)15/h4-5,10H,1-3,6-9H2,(H,19,23). The molecule has 0 saturated heterocycles. The van der Waals surface area contributed by atoms with Crippen LogP contribution in [0.3, 0.4) is 0 Å². The van der Waals surface area contributed by atoms with Crippen LogP contribution in [0.25, 0.3) is 0 Å². The van der Waals surface area contributed by atoms with E-state index in [-0.39, 0.29) is 17.9 Å². The molecule has 122 valence electrons. The molecule has 1 aliphatic heterocycles. The van der Waals surface area contributed by atoms with E-state index in [1.54, 1.807) is 0 Å². The molecular weight excluding hydrogens is 302 g/mol. The van der Waals surface area contributed by atoms with Crippen LogP contribution in [0.15, 0.2) is 18.2 Å². The summed E-state index contributed by atoms with van der Waals surface area (Å²) in [5.74, 6) is 0.225. The lowest BCUT2D eigenvalue weighted by Crippen LogP contribution is -2.28. The quantitative estimate of drug-likeness (QED) is 0.914. The zero-order valence-corrected chi connectivity index (χ0v) is 12.7. The van der Waals surface area contributed by atoms with Crippen molar-refractivity contribution in [2.24, 2.45) is 0 Å². The molecule has 2 aromatic rings. The van der Waals surface area contributed by atoms with Gasteiger partial charge in [0.1, 0.15) is 23.3 Å². The van der Waals surface area contributed by atoms with Crippen molar-refractivity contribution in [2.75, 3.05) is 6.54 Å². The van der Waals surface area contributed by atoms with Crippen molar-refractivity contribution < 1.29 is 13.6 Å². The van der Waals surface area contributed by atoms with Crippen molar-refractivity contribution in [1.82, 2.24) is 20.1 Å². The van der Waals surface area contributed by atoms with E-state index in [0.717, 1.165) is 49.6 Å². The van der Waals surface area contributed by atoms with Crippen LogP contribution in [0.1, 0.15) is 30.1 Å². The lowest BCUT2D eigenvalue weighted by atomic mass is 10.1. The minimum atomic E-state index is -0.702. The van der Waals surface area contributed by atoms with Gasteiger partial charge in [0, 0.05) is 32.0 Å². The molecule has 0 atom stereocenters. The maximum atomic E-state index is 13.5. The maximum absolute atomic E-state index is 13.5. The molecule has 1 aliphatic rings. The van der Waals surface area contributed by atoms with Crippen molar-refractivity contribution in [2.45, 2.75) is 38.6 Å². The van der Waals surface area contributed by atoms with Crippen LogP contribution in [0.4, 0.5) is 8.78 Å². The smallest absolute Gasteiger partial charge is 0.224 e. The van der Waals surface area contributed by atoms with E-state index in [4.69, 9.17) is 0 Å². The summed E-state index contributed by atoms with van der Waals surface area (Å²) in [7, 11) is 0. The third-order valence-corrected chi connectivity index (χ3v) is 3.97. The third-order valence-electron chi connectivity index (χ3n) is 3.97. The highest BCUT2D eigenvalue weighted by Gasteiger charge is 2.15. The first-order chi connectivity index (χ1) is 11.1. The van der Waals surface area contributed by atoms with Crippen LogP contribution in [0.2, 0.25) is 0 Å². The zero-order valence-electron chi connectivity index (χ0n) is 12.7. The summed E-state index contributed by atoms with van der Waals surface area (Å²) in [6.45, 7) is 1.34. The summed E-state index contributed by atoms with van der Waals surface area (Å²) in [4.78, 5) is 11.9. The summed E-state index contributed by atoms with van der Waals surface area (Å²) < 4.78 is 28.4. The molecule has 3 rings (SSSR count). The summed E-state index contributed by atoms with van der Waals surface area (Å²) >= 11 is 0. The SMILES string of the molecule is O=C(Cc1ccc(F)cc1F)NCCc1nnc2n1CCCC2. The van der Waals surface area contributed by atoms with E-state index in [2.05, 4.69) is 20.1 Å². The fraction of sp³-hybridized carbons (Fsp3) is 0.438. The van der Waals surface area contributed by atoms with E-state index in [0.29, 0.717) is 13.0 Å². The third kappa shape index (κ3) is 3.72. The largest absolute Gasteiger partial charge is 0.355 e. The normalized spacial score (nSPS) is 13.7. The number of hydrogen-bond donors (Lipinski definition) is 1. The number of nitrogens with one attached hydrogen (secondary N) is 1. The van der Waals surface area contributed by atoms with Crippen LogP contribution in [-0.2, 0) is 30.6 Å². The van der Waals surface area contributed by atoms with Gasteiger partial charge in [-0.25, -0.2) is 8.78 Å². The van der Waals surface area contributed by atoms with Crippen molar-refractivity contribution in [1.29, 1.82) is 0 Å². The molecular formula is C16H18F2N4O. The predicted molar refractivity (Wildman–Crippen MR) is 79.7 cm³/mol. The maximum Gasteiger partial charge on any atom is 0.224 e. The summed E-state index contributed by atoms with van der Waals surface area (Å²) in [5, 5.41) is 11.1. The molecule has 7 heteroatoms. The Balaban J connectivity index is 1.50. The van der Waals surface area contributed by atoms with Crippen molar-refractivity contribution in [3.8, 4) is 0 Å². The van der Waals surface area contributed by atoms with Crippen LogP contribution < -0.4 is 5.32 Å². The molecule has 5 nitrogen and oxygen atoms in total.